The maximum Gasteiger partial charge on any atom is 0.222 e. The average Bonchev–Trinajstić information content (AvgIpc) is 2.98. The van der Waals surface area contributed by atoms with E-state index in [1.165, 1.54) is 32.1 Å². The molecule has 1 saturated carbocycles. The largest absolute Gasteiger partial charge is 0.356 e. The molecule has 1 spiro atoms. The third-order valence-electron chi connectivity index (χ3n) is 5.76. The molecule has 0 aromatic carbocycles. The lowest BCUT2D eigenvalue weighted by Gasteiger charge is -2.45. The fourth-order valence-corrected chi connectivity index (χ4v) is 7.60. The van der Waals surface area contributed by atoms with Crippen LogP contribution in [0.5, 0.6) is 0 Å². The zero-order valence-electron chi connectivity index (χ0n) is 16.2. The van der Waals surface area contributed by atoms with Crippen LogP contribution in [-0.2, 0) is 14.6 Å². The van der Waals surface area contributed by atoms with Crippen molar-refractivity contribution in [1.82, 2.24) is 15.5 Å². The Morgan fingerprint density at radius 2 is 2.07 bits per heavy atom. The second-order valence-corrected chi connectivity index (χ2v) is 11.7. The highest BCUT2D eigenvalue weighted by Crippen LogP contribution is 2.42. The average molecular weight is 417 g/mol. The van der Waals surface area contributed by atoms with Gasteiger partial charge >= 0.3 is 0 Å². The van der Waals surface area contributed by atoms with E-state index < -0.39 is 9.84 Å². The number of aliphatic imine (C=N–C) groups is 1. The molecule has 27 heavy (non-hydrogen) atoms. The first-order valence-electron chi connectivity index (χ1n) is 10.0. The van der Waals surface area contributed by atoms with Crippen molar-refractivity contribution in [2.45, 2.75) is 55.7 Å². The molecular formula is C18H32N4O3S2. The molecule has 154 valence electrons. The zero-order chi connectivity index (χ0) is 19.3. The molecule has 1 aliphatic carbocycles. The van der Waals surface area contributed by atoms with E-state index >= 15 is 0 Å². The van der Waals surface area contributed by atoms with Gasteiger partial charge in [0.1, 0.15) is 0 Å². The van der Waals surface area contributed by atoms with Gasteiger partial charge in [-0.1, -0.05) is 19.3 Å². The van der Waals surface area contributed by atoms with Gasteiger partial charge in [0.15, 0.2) is 15.8 Å². The Bertz CT molecular complexity index is 654. The fourth-order valence-electron chi connectivity index (χ4n) is 4.35. The number of hydrogen-bond acceptors (Lipinski definition) is 5. The van der Waals surface area contributed by atoms with Crippen LogP contribution in [-0.4, -0.2) is 79.9 Å². The first-order chi connectivity index (χ1) is 12.9. The topological polar surface area (TPSA) is 90.9 Å². The van der Waals surface area contributed by atoms with Crippen LogP contribution in [0.25, 0.3) is 0 Å². The van der Waals surface area contributed by atoms with E-state index in [9.17, 15) is 13.2 Å². The maximum absolute atomic E-state index is 12.1. The van der Waals surface area contributed by atoms with Gasteiger partial charge in [-0.15, -0.1) is 0 Å². The molecule has 9 heteroatoms. The summed E-state index contributed by atoms with van der Waals surface area (Å²) >= 11 is 2.13. The van der Waals surface area contributed by atoms with E-state index in [4.69, 9.17) is 0 Å². The number of carbonyl (C=O) groups excluding carboxylic acids is 1. The quantitative estimate of drug-likeness (QED) is 0.525. The number of nitrogens with zero attached hydrogens (tertiary/aromatic N) is 2. The summed E-state index contributed by atoms with van der Waals surface area (Å²) in [6.07, 6.45) is 7.43. The van der Waals surface area contributed by atoms with Crippen molar-refractivity contribution in [3.63, 3.8) is 0 Å². The molecule has 3 aliphatic rings. The van der Waals surface area contributed by atoms with Gasteiger partial charge < -0.3 is 15.5 Å². The normalized spacial score (nSPS) is 27.5. The molecule has 0 aromatic rings. The first-order valence-corrected chi connectivity index (χ1v) is 12.8. The van der Waals surface area contributed by atoms with Crippen LogP contribution >= 0.6 is 11.8 Å². The van der Waals surface area contributed by atoms with Crippen LogP contribution < -0.4 is 10.6 Å². The number of amides is 1. The molecule has 0 bridgehead atoms. The minimum Gasteiger partial charge on any atom is -0.356 e. The molecule has 2 N–H and O–H groups in total. The summed E-state index contributed by atoms with van der Waals surface area (Å²) in [5.41, 5.74) is 0. The fraction of sp³-hybridized carbons (Fsp3) is 0.889. The highest BCUT2D eigenvalue weighted by Gasteiger charge is 2.38. The van der Waals surface area contributed by atoms with E-state index in [1.54, 1.807) is 7.05 Å². The van der Waals surface area contributed by atoms with Crippen molar-refractivity contribution >= 4 is 33.5 Å². The number of nitrogens with one attached hydrogen (secondary N) is 2. The van der Waals surface area contributed by atoms with Gasteiger partial charge in [-0.3, -0.25) is 9.79 Å². The van der Waals surface area contributed by atoms with Gasteiger partial charge in [-0.2, -0.15) is 11.8 Å². The molecule has 3 fully saturated rings. The van der Waals surface area contributed by atoms with E-state index in [0.29, 0.717) is 24.1 Å². The minimum atomic E-state index is -2.97. The predicted molar refractivity (Wildman–Crippen MR) is 111 cm³/mol. The Labute approximate surface area is 167 Å². The second kappa shape index (κ2) is 9.03. The standard InChI is InChI=1S/C18H32N4O3S2/c1-19-17(22-10-11-26-18(14-22)7-3-2-4-8-18)20-9-5-16(23)21-15-6-12-27(24,25)13-15/h15H,2-14H2,1H3,(H,19,20)(H,21,23). The molecule has 2 saturated heterocycles. The Hall–Kier alpha value is -0.960. The van der Waals surface area contributed by atoms with E-state index in [0.717, 1.165) is 24.8 Å². The van der Waals surface area contributed by atoms with Gasteiger partial charge in [0, 0.05) is 49.6 Å². The van der Waals surface area contributed by atoms with Crippen LogP contribution in [0.1, 0.15) is 44.9 Å². The summed E-state index contributed by atoms with van der Waals surface area (Å²) in [5, 5.41) is 6.16. The molecule has 1 amide bonds. The molecule has 0 aromatic heterocycles. The van der Waals surface area contributed by atoms with Crippen molar-refractivity contribution in [3.05, 3.63) is 0 Å². The third-order valence-corrected chi connectivity index (χ3v) is 9.06. The molecule has 2 heterocycles. The van der Waals surface area contributed by atoms with Crippen LogP contribution in [0.2, 0.25) is 0 Å². The summed E-state index contributed by atoms with van der Waals surface area (Å²) in [6, 6.07) is -0.230. The Balaban J connectivity index is 1.43. The van der Waals surface area contributed by atoms with E-state index in [1.807, 2.05) is 0 Å². The Morgan fingerprint density at radius 3 is 2.74 bits per heavy atom. The molecule has 1 unspecified atom stereocenters. The summed E-state index contributed by atoms with van der Waals surface area (Å²) in [5.74, 6) is 2.14. The first kappa shape index (κ1) is 20.8. The summed E-state index contributed by atoms with van der Waals surface area (Å²) < 4.78 is 23.3. The van der Waals surface area contributed by atoms with Crippen molar-refractivity contribution in [2.75, 3.05) is 43.9 Å². The lowest BCUT2D eigenvalue weighted by atomic mass is 9.87. The number of sulfone groups is 1. The van der Waals surface area contributed by atoms with E-state index in [-0.39, 0.29) is 23.5 Å². The summed E-state index contributed by atoms with van der Waals surface area (Å²) in [4.78, 5) is 18.9. The molecule has 3 rings (SSSR count). The number of guanidine groups is 1. The predicted octanol–water partition coefficient (Wildman–Crippen LogP) is 1.01. The molecule has 1 atom stereocenters. The SMILES string of the molecule is CN=C(NCCC(=O)NC1CCS(=O)(=O)C1)N1CCSC2(CCCCC2)C1. The third kappa shape index (κ3) is 5.76. The molecule has 7 nitrogen and oxygen atoms in total. The highest BCUT2D eigenvalue weighted by molar-refractivity contribution is 8.00. The van der Waals surface area contributed by atoms with Gasteiger partial charge in [0.2, 0.25) is 5.91 Å². The van der Waals surface area contributed by atoms with Crippen LogP contribution in [0, 0.1) is 0 Å². The number of rotatable bonds is 4. The van der Waals surface area contributed by atoms with Gasteiger partial charge in [-0.25, -0.2) is 8.42 Å². The van der Waals surface area contributed by atoms with Crippen molar-refractivity contribution in [2.24, 2.45) is 4.99 Å². The maximum atomic E-state index is 12.1. The number of thioether (sulfide) groups is 1. The van der Waals surface area contributed by atoms with Gasteiger partial charge in [-0.05, 0) is 19.3 Å². The van der Waals surface area contributed by atoms with Crippen LogP contribution in [0.4, 0.5) is 0 Å². The highest BCUT2D eigenvalue weighted by atomic mass is 32.2. The van der Waals surface area contributed by atoms with Crippen molar-refractivity contribution in [3.8, 4) is 0 Å². The van der Waals surface area contributed by atoms with E-state index in [2.05, 4.69) is 32.3 Å². The van der Waals surface area contributed by atoms with Crippen molar-refractivity contribution in [1.29, 1.82) is 0 Å². The molecule has 0 radical (unpaired) electrons. The van der Waals surface area contributed by atoms with Crippen molar-refractivity contribution < 1.29 is 13.2 Å². The number of carbonyl (C=O) groups is 1. The molecular weight excluding hydrogens is 384 g/mol. The smallest absolute Gasteiger partial charge is 0.222 e. The summed E-state index contributed by atoms with van der Waals surface area (Å²) in [6.45, 7) is 2.52. The zero-order valence-corrected chi connectivity index (χ0v) is 17.8. The minimum absolute atomic E-state index is 0.0708. The lowest BCUT2D eigenvalue weighted by molar-refractivity contribution is -0.121. The molecule has 2 aliphatic heterocycles. The second-order valence-electron chi connectivity index (χ2n) is 7.91. The Morgan fingerprint density at radius 1 is 1.30 bits per heavy atom. The Kier molecular flexibility index (Phi) is 6.94. The lowest BCUT2D eigenvalue weighted by Crippen LogP contribution is -2.53. The summed E-state index contributed by atoms with van der Waals surface area (Å²) in [7, 11) is -1.17. The van der Waals surface area contributed by atoms with Gasteiger partial charge in [0.05, 0.1) is 11.5 Å². The number of hydrogen-bond donors (Lipinski definition) is 2. The van der Waals surface area contributed by atoms with Crippen LogP contribution in [0.3, 0.4) is 0 Å². The monoisotopic (exact) mass is 416 g/mol. The van der Waals surface area contributed by atoms with Gasteiger partial charge in [0.25, 0.3) is 0 Å². The van der Waals surface area contributed by atoms with Crippen LogP contribution in [0.15, 0.2) is 4.99 Å².